The van der Waals surface area contributed by atoms with Crippen molar-refractivity contribution in [2.24, 2.45) is 0 Å². The molecule has 1 saturated heterocycles. The van der Waals surface area contributed by atoms with E-state index in [1.165, 1.54) is 4.70 Å². The highest BCUT2D eigenvalue weighted by Crippen LogP contribution is 2.26. The number of carbonyl (C=O) groups is 1. The first-order chi connectivity index (χ1) is 13.7. The molecule has 0 radical (unpaired) electrons. The Hall–Kier alpha value is -2.24. The second-order valence-electron chi connectivity index (χ2n) is 7.43. The van der Waals surface area contributed by atoms with Crippen molar-refractivity contribution >= 4 is 27.5 Å². The number of benzene rings is 2. The van der Waals surface area contributed by atoms with Crippen molar-refractivity contribution in [1.82, 2.24) is 14.8 Å². The van der Waals surface area contributed by atoms with E-state index >= 15 is 0 Å². The van der Waals surface area contributed by atoms with E-state index in [2.05, 4.69) is 47.1 Å². The van der Waals surface area contributed by atoms with Gasteiger partial charge in [0.25, 0.3) is 0 Å². The fourth-order valence-corrected chi connectivity index (χ4v) is 4.94. The molecular formula is C23H27N3OS. The van der Waals surface area contributed by atoms with Crippen molar-refractivity contribution in [3.8, 4) is 0 Å². The molecule has 3 aromatic rings. The highest BCUT2D eigenvalue weighted by Gasteiger charge is 2.28. The number of amides is 1. The Kier molecular flexibility index (Phi) is 6.03. The summed E-state index contributed by atoms with van der Waals surface area (Å²) in [6.07, 6.45) is 1.93. The van der Waals surface area contributed by atoms with Crippen LogP contribution < -0.4 is 0 Å². The second kappa shape index (κ2) is 8.84. The fourth-order valence-electron chi connectivity index (χ4n) is 3.93. The second-order valence-corrected chi connectivity index (χ2v) is 8.54. The van der Waals surface area contributed by atoms with Crippen LogP contribution in [0.3, 0.4) is 0 Å². The summed E-state index contributed by atoms with van der Waals surface area (Å²) in [6, 6.07) is 18.5. The van der Waals surface area contributed by atoms with Crippen molar-refractivity contribution in [1.29, 1.82) is 0 Å². The number of rotatable bonds is 6. The molecule has 1 aliphatic heterocycles. The first kappa shape index (κ1) is 19.1. The van der Waals surface area contributed by atoms with E-state index in [1.54, 1.807) is 11.3 Å². The van der Waals surface area contributed by atoms with E-state index in [1.807, 2.05) is 24.3 Å². The summed E-state index contributed by atoms with van der Waals surface area (Å²) in [5.74, 6) is 0.273. The first-order valence-corrected chi connectivity index (χ1v) is 11.0. The molecule has 0 saturated carbocycles. The van der Waals surface area contributed by atoms with Gasteiger partial charge in [-0.1, -0.05) is 55.8 Å². The standard InChI is InChI=1S/C23H27N3OS/c1-2-8-19(18-9-4-3-5-10-18)23(27)26-15-13-25(14-16-26)17-22-24-20-11-6-7-12-21(20)28-22/h3-7,9-12,19H,2,8,13-17H2,1H3. The minimum atomic E-state index is -0.0120. The van der Waals surface area contributed by atoms with Crippen LogP contribution in [0.5, 0.6) is 0 Å². The molecule has 1 aromatic heterocycles. The molecule has 1 fully saturated rings. The Labute approximate surface area is 170 Å². The molecule has 28 heavy (non-hydrogen) atoms. The van der Waals surface area contributed by atoms with Crippen LogP contribution in [0.1, 0.15) is 36.3 Å². The van der Waals surface area contributed by atoms with Crippen molar-refractivity contribution in [2.45, 2.75) is 32.2 Å². The van der Waals surface area contributed by atoms with E-state index in [4.69, 9.17) is 4.98 Å². The molecule has 0 bridgehead atoms. The molecule has 0 N–H and O–H groups in total. The van der Waals surface area contributed by atoms with Crippen LogP contribution in [0, 0.1) is 0 Å². The predicted molar refractivity (Wildman–Crippen MR) is 116 cm³/mol. The van der Waals surface area contributed by atoms with Gasteiger partial charge in [0.15, 0.2) is 0 Å². The van der Waals surface area contributed by atoms with E-state index < -0.39 is 0 Å². The average Bonchev–Trinajstić information content (AvgIpc) is 3.15. The average molecular weight is 394 g/mol. The van der Waals surface area contributed by atoms with Gasteiger partial charge in [-0.15, -0.1) is 11.3 Å². The van der Waals surface area contributed by atoms with Crippen LogP contribution in [0.4, 0.5) is 0 Å². The molecule has 5 heteroatoms. The third-order valence-electron chi connectivity index (χ3n) is 5.46. The van der Waals surface area contributed by atoms with Crippen LogP contribution in [-0.2, 0) is 11.3 Å². The van der Waals surface area contributed by atoms with Gasteiger partial charge < -0.3 is 4.90 Å². The summed E-state index contributed by atoms with van der Waals surface area (Å²) in [4.78, 5) is 22.4. The van der Waals surface area contributed by atoms with E-state index in [0.29, 0.717) is 0 Å². The number of piperazine rings is 1. The van der Waals surface area contributed by atoms with Crippen molar-refractivity contribution in [2.75, 3.05) is 26.2 Å². The summed E-state index contributed by atoms with van der Waals surface area (Å²) in [6.45, 7) is 6.45. The number of fused-ring (bicyclic) bond motifs is 1. The SMILES string of the molecule is CCCC(C(=O)N1CCN(Cc2nc3ccccc3s2)CC1)c1ccccc1. The molecule has 1 unspecified atom stereocenters. The number of carbonyl (C=O) groups excluding carboxylic acids is 1. The van der Waals surface area contributed by atoms with Crippen molar-refractivity contribution in [3.05, 3.63) is 65.2 Å². The zero-order chi connectivity index (χ0) is 19.3. The predicted octanol–water partition coefficient (Wildman–Crippen LogP) is 4.52. The molecule has 4 rings (SSSR count). The minimum Gasteiger partial charge on any atom is -0.340 e. The minimum absolute atomic E-state index is 0.0120. The molecule has 0 spiro atoms. The molecule has 4 nitrogen and oxygen atoms in total. The lowest BCUT2D eigenvalue weighted by Crippen LogP contribution is -2.49. The number of hydrogen-bond donors (Lipinski definition) is 0. The number of aromatic nitrogens is 1. The summed E-state index contributed by atoms with van der Waals surface area (Å²) in [5.41, 5.74) is 2.23. The molecule has 1 aliphatic rings. The number of para-hydroxylation sites is 1. The fraction of sp³-hybridized carbons (Fsp3) is 0.391. The molecule has 146 valence electrons. The highest BCUT2D eigenvalue weighted by atomic mass is 32.1. The molecule has 2 heterocycles. The number of hydrogen-bond acceptors (Lipinski definition) is 4. The molecule has 2 aromatic carbocycles. The zero-order valence-corrected chi connectivity index (χ0v) is 17.2. The van der Waals surface area contributed by atoms with Gasteiger partial charge in [-0.25, -0.2) is 4.98 Å². The highest BCUT2D eigenvalue weighted by molar-refractivity contribution is 7.18. The normalized spacial score (nSPS) is 16.4. The van der Waals surface area contributed by atoms with Gasteiger partial charge >= 0.3 is 0 Å². The molecular weight excluding hydrogens is 366 g/mol. The zero-order valence-electron chi connectivity index (χ0n) is 16.4. The maximum Gasteiger partial charge on any atom is 0.230 e. The van der Waals surface area contributed by atoms with Gasteiger partial charge in [-0.05, 0) is 24.1 Å². The van der Waals surface area contributed by atoms with Crippen molar-refractivity contribution < 1.29 is 4.79 Å². The topological polar surface area (TPSA) is 36.4 Å². The summed E-state index contributed by atoms with van der Waals surface area (Å²) < 4.78 is 1.25. The summed E-state index contributed by atoms with van der Waals surface area (Å²) in [7, 11) is 0. The quantitative estimate of drug-likeness (QED) is 0.618. The third kappa shape index (κ3) is 4.26. The Morgan fingerprint density at radius 3 is 2.46 bits per heavy atom. The number of nitrogens with zero attached hydrogens (tertiary/aromatic N) is 3. The van der Waals surface area contributed by atoms with E-state index in [-0.39, 0.29) is 11.8 Å². The van der Waals surface area contributed by atoms with Crippen LogP contribution in [0.15, 0.2) is 54.6 Å². The van der Waals surface area contributed by atoms with Crippen LogP contribution >= 0.6 is 11.3 Å². The Morgan fingerprint density at radius 1 is 1.04 bits per heavy atom. The van der Waals surface area contributed by atoms with E-state index in [9.17, 15) is 4.79 Å². The van der Waals surface area contributed by atoms with E-state index in [0.717, 1.165) is 61.7 Å². The van der Waals surface area contributed by atoms with Crippen molar-refractivity contribution in [3.63, 3.8) is 0 Å². The van der Waals surface area contributed by atoms with Gasteiger partial charge in [0, 0.05) is 26.2 Å². The maximum absolute atomic E-state index is 13.2. The van der Waals surface area contributed by atoms with Crippen LogP contribution in [0.25, 0.3) is 10.2 Å². The lowest BCUT2D eigenvalue weighted by atomic mass is 9.93. The van der Waals surface area contributed by atoms with Gasteiger partial charge in [0.05, 0.1) is 22.7 Å². The lowest BCUT2D eigenvalue weighted by molar-refractivity contribution is -0.134. The number of thiazole rings is 1. The van der Waals surface area contributed by atoms with Gasteiger partial charge in [0.1, 0.15) is 5.01 Å². The molecule has 0 aliphatic carbocycles. The van der Waals surface area contributed by atoms with Gasteiger partial charge in [0.2, 0.25) is 5.91 Å². The van der Waals surface area contributed by atoms with Crippen LogP contribution in [-0.4, -0.2) is 46.9 Å². The lowest BCUT2D eigenvalue weighted by Gasteiger charge is -2.36. The summed E-state index contributed by atoms with van der Waals surface area (Å²) >= 11 is 1.77. The molecule has 1 atom stereocenters. The largest absolute Gasteiger partial charge is 0.340 e. The Morgan fingerprint density at radius 2 is 1.75 bits per heavy atom. The van der Waals surface area contributed by atoms with Crippen LogP contribution in [0.2, 0.25) is 0 Å². The first-order valence-electron chi connectivity index (χ1n) is 10.1. The maximum atomic E-state index is 13.2. The summed E-state index contributed by atoms with van der Waals surface area (Å²) in [5, 5.41) is 1.16. The Bertz CT molecular complexity index is 883. The van der Waals surface area contributed by atoms with Gasteiger partial charge in [-0.3, -0.25) is 9.69 Å². The Balaban J connectivity index is 1.36. The monoisotopic (exact) mass is 393 g/mol. The smallest absolute Gasteiger partial charge is 0.230 e. The van der Waals surface area contributed by atoms with Gasteiger partial charge in [-0.2, -0.15) is 0 Å². The molecule has 1 amide bonds. The third-order valence-corrected chi connectivity index (χ3v) is 6.48.